The number of rotatable bonds is 1. The maximum Gasteiger partial charge on any atom is 0.154 e. The predicted octanol–water partition coefficient (Wildman–Crippen LogP) is 3.81. The van der Waals surface area contributed by atoms with Gasteiger partial charge in [0.1, 0.15) is 28.5 Å². The summed E-state index contributed by atoms with van der Waals surface area (Å²) in [5.41, 5.74) is -0.0416. The number of halogens is 2. The molecule has 0 bridgehead atoms. The molecule has 0 unspecified atom stereocenters. The van der Waals surface area contributed by atoms with Crippen molar-refractivity contribution >= 4 is 23.2 Å². The molecule has 0 saturated heterocycles. The second-order valence-corrected chi connectivity index (χ2v) is 4.60. The molecule has 0 fully saturated rings. The first-order valence-electron chi connectivity index (χ1n) is 5.35. The largest absolute Gasteiger partial charge is 0.507 e. The van der Waals surface area contributed by atoms with Crippen LogP contribution in [0.2, 0.25) is 10.0 Å². The van der Waals surface area contributed by atoms with E-state index in [2.05, 4.69) is 0 Å². The normalized spacial score (nSPS) is 9.80. The zero-order chi connectivity index (χ0) is 14.9. The Morgan fingerprint density at radius 3 is 2.05 bits per heavy atom. The van der Waals surface area contributed by atoms with Gasteiger partial charge in [-0.1, -0.05) is 41.4 Å². The molecular formula is C14H6Cl2N2O2. The lowest BCUT2D eigenvalue weighted by molar-refractivity contribution is 0.473. The fraction of sp³-hybridized carbons (Fsp3) is 0. The molecule has 2 rings (SSSR count). The number of aromatic hydroxyl groups is 2. The van der Waals surface area contributed by atoms with Crippen molar-refractivity contribution in [3.63, 3.8) is 0 Å². The number of benzene rings is 2. The third kappa shape index (κ3) is 2.02. The Kier molecular flexibility index (Phi) is 3.72. The average Bonchev–Trinajstić information content (AvgIpc) is 2.45. The highest BCUT2D eigenvalue weighted by Gasteiger charge is 2.24. The number of hydrogen-bond donors (Lipinski definition) is 2. The summed E-state index contributed by atoms with van der Waals surface area (Å²) in [6.07, 6.45) is 0. The number of para-hydroxylation sites is 1. The van der Waals surface area contributed by atoms with Gasteiger partial charge in [0.15, 0.2) is 5.75 Å². The second-order valence-electron chi connectivity index (χ2n) is 3.84. The molecule has 0 aliphatic heterocycles. The fourth-order valence-electron chi connectivity index (χ4n) is 1.84. The van der Waals surface area contributed by atoms with E-state index in [9.17, 15) is 15.5 Å². The van der Waals surface area contributed by atoms with Crippen LogP contribution in [-0.4, -0.2) is 10.2 Å². The SMILES string of the molecule is N#Cc1c(O)c(Cl)c(Cl)c(-c2ccccc2O)c1C#N. The third-order valence-corrected chi connectivity index (χ3v) is 3.60. The van der Waals surface area contributed by atoms with Crippen molar-refractivity contribution in [1.82, 2.24) is 0 Å². The summed E-state index contributed by atoms with van der Waals surface area (Å²) < 4.78 is 0. The van der Waals surface area contributed by atoms with Crippen LogP contribution >= 0.6 is 23.2 Å². The third-order valence-electron chi connectivity index (χ3n) is 2.75. The number of nitriles is 2. The van der Waals surface area contributed by atoms with Crippen molar-refractivity contribution in [3.8, 4) is 34.8 Å². The van der Waals surface area contributed by atoms with Crippen LogP contribution in [0, 0.1) is 22.7 Å². The molecule has 0 amide bonds. The van der Waals surface area contributed by atoms with Gasteiger partial charge >= 0.3 is 0 Å². The lowest BCUT2D eigenvalue weighted by Crippen LogP contribution is -1.94. The minimum Gasteiger partial charge on any atom is -0.507 e. The maximum atomic E-state index is 9.88. The van der Waals surface area contributed by atoms with Gasteiger partial charge in [-0.2, -0.15) is 10.5 Å². The van der Waals surface area contributed by atoms with Gasteiger partial charge in [0.05, 0.1) is 10.6 Å². The molecule has 0 aliphatic rings. The van der Waals surface area contributed by atoms with Gasteiger partial charge in [0.25, 0.3) is 0 Å². The summed E-state index contributed by atoms with van der Waals surface area (Å²) in [4.78, 5) is 0. The lowest BCUT2D eigenvalue weighted by Gasteiger charge is -2.13. The van der Waals surface area contributed by atoms with E-state index in [-0.39, 0.29) is 38.0 Å². The number of phenolic OH excluding ortho intramolecular Hbond substituents is 2. The zero-order valence-electron chi connectivity index (χ0n) is 9.85. The maximum absolute atomic E-state index is 9.88. The summed E-state index contributed by atoms with van der Waals surface area (Å²) >= 11 is 11.9. The molecule has 2 aromatic rings. The summed E-state index contributed by atoms with van der Waals surface area (Å²) in [7, 11) is 0. The van der Waals surface area contributed by atoms with Gasteiger partial charge < -0.3 is 10.2 Å². The highest BCUT2D eigenvalue weighted by Crippen LogP contribution is 2.46. The first-order valence-corrected chi connectivity index (χ1v) is 6.11. The molecule has 0 heterocycles. The van der Waals surface area contributed by atoms with Crippen molar-refractivity contribution in [2.24, 2.45) is 0 Å². The fourth-order valence-corrected chi connectivity index (χ4v) is 2.31. The first kappa shape index (κ1) is 14.0. The molecule has 0 radical (unpaired) electrons. The van der Waals surface area contributed by atoms with E-state index in [1.54, 1.807) is 18.2 Å². The summed E-state index contributed by atoms with van der Waals surface area (Å²) in [6.45, 7) is 0. The Bertz CT molecular complexity index is 789. The van der Waals surface area contributed by atoms with Crippen LogP contribution in [0.25, 0.3) is 11.1 Å². The van der Waals surface area contributed by atoms with Crippen LogP contribution in [0.1, 0.15) is 11.1 Å². The highest BCUT2D eigenvalue weighted by atomic mass is 35.5. The average molecular weight is 305 g/mol. The molecule has 0 atom stereocenters. The molecule has 0 aliphatic carbocycles. The molecule has 6 heteroatoms. The van der Waals surface area contributed by atoms with Crippen LogP contribution in [0.4, 0.5) is 0 Å². The number of hydrogen-bond acceptors (Lipinski definition) is 4. The summed E-state index contributed by atoms with van der Waals surface area (Å²) in [6, 6.07) is 9.72. The van der Waals surface area contributed by atoms with Crippen LogP contribution in [0.15, 0.2) is 24.3 Å². The van der Waals surface area contributed by atoms with E-state index < -0.39 is 5.75 Å². The van der Waals surface area contributed by atoms with Gasteiger partial charge in [0.2, 0.25) is 0 Å². The van der Waals surface area contributed by atoms with E-state index in [0.717, 1.165) is 0 Å². The smallest absolute Gasteiger partial charge is 0.154 e. The van der Waals surface area contributed by atoms with Crippen LogP contribution in [-0.2, 0) is 0 Å². The van der Waals surface area contributed by atoms with Crippen LogP contribution in [0.5, 0.6) is 11.5 Å². The van der Waals surface area contributed by atoms with Crippen molar-refractivity contribution in [3.05, 3.63) is 45.4 Å². The Hall–Kier alpha value is -2.40. The van der Waals surface area contributed by atoms with Gasteiger partial charge in [-0.3, -0.25) is 0 Å². The molecule has 4 nitrogen and oxygen atoms in total. The Morgan fingerprint density at radius 1 is 0.900 bits per heavy atom. The van der Waals surface area contributed by atoms with Gasteiger partial charge in [-0.25, -0.2) is 0 Å². The Morgan fingerprint density at radius 2 is 1.50 bits per heavy atom. The van der Waals surface area contributed by atoms with E-state index in [0.29, 0.717) is 0 Å². The highest BCUT2D eigenvalue weighted by molar-refractivity contribution is 6.45. The minimum atomic E-state index is -0.546. The Labute approximate surface area is 124 Å². The Balaban J connectivity index is 2.99. The molecular weight excluding hydrogens is 299 g/mol. The topological polar surface area (TPSA) is 88.0 Å². The first-order chi connectivity index (χ1) is 9.52. The number of nitrogens with zero attached hydrogens (tertiary/aromatic N) is 2. The van der Waals surface area contributed by atoms with Gasteiger partial charge in [-0.05, 0) is 6.07 Å². The minimum absolute atomic E-state index is 0.0961. The van der Waals surface area contributed by atoms with Crippen LogP contribution in [0.3, 0.4) is 0 Å². The van der Waals surface area contributed by atoms with Crippen molar-refractivity contribution in [2.45, 2.75) is 0 Å². The summed E-state index contributed by atoms with van der Waals surface area (Å²) in [5.74, 6) is -0.661. The lowest BCUT2D eigenvalue weighted by atomic mass is 9.95. The molecule has 2 aromatic carbocycles. The van der Waals surface area contributed by atoms with Gasteiger partial charge in [-0.15, -0.1) is 0 Å². The van der Waals surface area contributed by atoms with Crippen molar-refractivity contribution in [2.75, 3.05) is 0 Å². The van der Waals surface area contributed by atoms with Crippen molar-refractivity contribution in [1.29, 1.82) is 10.5 Å². The van der Waals surface area contributed by atoms with E-state index in [1.165, 1.54) is 12.1 Å². The van der Waals surface area contributed by atoms with E-state index in [1.807, 2.05) is 6.07 Å². The zero-order valence-corrected chi connectivity index (χ0v) is 11.4. The predicted molar refractivity (Wildman–Crippen MR) is 74.7 cm³/mol. The van der Waals surface area contributed by atoms with Gasteiger partial charge in [0, 0.05) is 11.1 Å². The molecule has 98 valence electrons. The standard InChI is InChI=1S/C14H6Cl2N2O2/c15-12-11(7-3-1-2-4-10(7)19)8(5-17)9(6-18)14(20)13(12)16/h1-4,19-20H. The molecule has 0 aromatic heterocycles. The van der Waals surface area contributed by atoms with Crippen molar-refractivity contribution < 1.29 is 10.2 Å². The molecule has 0 spiro atoms. The quantitative estimate of drug-likeness (QED) is 0.838. The second kappa shape index (κ2) is 5.30. The molecule has 2 N–H and O–H groups in total. The van der Waals surface area contributed by atoms with E-state index in [4.69, 9.17) is 28.5 Å². The van der Waals surface area contributed by atoms with Crippen LogP contribution < -0.4 is 0 Å². The monoisotopic (exact) mass is 304 g/mol. The van der Waals surface area contributed by atoms with E-state index >= 15 is 0 Å². The number of phenols is 2. The molecule has 20 heavy (non-hydrogen) atoms. The summed E-state index contributed by atoms with van der Waals surface area (Å²) in [5, 5.41) is 37.6. The molecule has 0 saturated carbocycles.